The first-order chi connectivity index (χ1) is 12.4. The average Bonchev–Trinajstić information content (AvgIpc) is 2.65. The molecule has 138 valence electrons. The van der Waals surface area contributed by atoms with Crippen molar-refractivity contribution in [1.82, 2.24) is 4.31 Å². The summed E-state index contributed by atoms with van der Waals surface area (Å²) in [5.74, 6) is 0.711. The van der Waals surface area contributed by atoms with E-state index in [1.807, 2.05) is 31.2 Å². The Morgan fingerprint density at radius 1 is 1.19 bits per heavy atom. The van der Waals surface area contributed by atoms with Crippen molar-refractivity contribution in [3.8, 4) is 5.75 Å². The molecule has 0 aliphatic carbocycles. The second-order valence-electron chi connectivity index (χ2n) is 6.06. The molecule has 0 bridgehead atoms. The van der Waals surface area contributed by atoms with Crippen LogP contribution in [0, 0.1) is 6.92 Å². The Morgan fingerprint density at radius 3 is 2.50 bits per heavy atom. The summed E-state index contributed by atoms with van der Waals surface area (Å²) in [6, 6.07) is 14.3. The van der Waals surface area contributed by atoms with Crippen molar-refractivity contribution in [2.75, 3.05) is 20.2 Å². The summed E-state index contributed by atoms with van der Waals surface area (Å²) in [4.78, 5) is 0.283. The van der Waals surface area contributed by atoms with Crippen LogP contribution in [0.3, 0.4) is 0 Å². The Bertz CT molecular complexity index is 870. The van der Waals surface area contributed by atoms with E-state index in [1.165, 1.54) is 4.31 Å². The van der Waals surface area contributed by atoms with Gasteiger partial charge in [0.05, 0.1) is 12.0 Å². The topological polar surface area (TPSA) is 46.6 Å². The van der Waals surface area contributed by atoms with E-state index in [0.717, 1.165) is 11.1 Å². The molecular formula is C21H25NO3S. The highest BCUT2D eigenvalue weighted by Gasteiger charge is 2.24. The molecule has 4 nitrogen and oxygen atoms in total. The molecule has 2 aromatic carbocycles. The van der Waals surface area contributed by atoms with Crippen LogP contribution >= 0.6 is 0 Å². The molecule has 2 rings (SSSR count). The SMILES string of the molecule is C=CCCN(CC(=C)c1cccc(OC)c1)S(=O)(=O)c1ccc(C)cc1. The largest absolute Gasteiger partial charge is 0.497 e. The molecule has 5 heteroatoms. The molecule has 0 saturated heterocycles. The lowest BCUT2D eigenvalue weighted by Gasteiger charge is -2.23. The van der Waals surface area contributed by atoms with Crippen molar-refractivity contribution in [1.29, 1.82) is 0 Å². The van der Waals surface area contributed by atoms with Crippen LogP contribution in [0.15, 0.2) is 72.7 Å². The van der Waals surface area contributed by atoms with Crippen molar-refractivity contribution >= 4 is 15.6 Å². The van der Waals surface area contributed by atoms with Crippen molar-refractivity contribution < 1.29 is 13.2 Å². The summed E-state index contributed by atoms with van der Waals surface area (Å²) in [6.45, 7) is 10.3. The van der Waals surface area contributed by atoms with Crippen molar-refractivity contribution in [2.24, 2.45) is 0 Å². The molecule has 2 aromatic rings. The predicted octanol–water partition coefficient (Wildman–Crippen LogP) is 4.28. The van der Waals surface area contributed by atoms with Crippen LogP contribution < -0.4 is 4.74 Å². The molecule has 0 atom stereocenters. The van der Waals surface area contributed by atoms with Crippen LogP contribution in [0.1, 0.15) is 17.5 Å². The number of methoxy groups -OCH3 is 1. The molecule has 0 aliphatic rings. The lowest BCUT2D eigenvalue weighted by atomic mass is 10.1. The Hall–Kier alpha value is -2.37. The van der Waals surface area contributed by atoms with Crippen LogP contribution in [0.25, 0.3) is 5.57 Å². The van der Waals surface area contributed by atoms with Gasteiger partial charge in [-0.2, -0.15) is 4.31 Å². The van der Waals surface area contributed by atoms with Gasteiger partial charge in [-0.05, 0) is 48.7 Å². The molecule has 0 fully saturated rings. The van der Waals surface area contributed by atoms with Gasteiger partial charge in [0.2, 0.25) is 10.0 Å². The second-order valence-corrected chi connectivity index (χ2v) is 8.00. The summed E-state index contributed by atoms with van der Waals surface area (Å²) >= 11 is 0. The van der Waals surface area contributed by atoms with E-state index in [2.05, 4.69) is 13.2 Å². The number of sulfonamides is 1. The average molecular weight is 372 g/mol. The Labute approximate surface area is 156 Å². The predicted molar refractivity (Wildman–Crippen MR) is 107 cm³/mol. The number of aryl methyl sites for hydroxylation is 1. The number of nitrogens with zero attached hydrogens (tertiary/aromatic N) is 1. The number of ether oxygens (including phenoxy) is 1. The van der Waals surface area contributed by atoms with Crippen LogP contribution in [0.5, 0.6) is 5.75 Å². The van der Waals surface area contributed by atoms with Gasteiger partial charge >= 0.3 is 0 Å². The molecular weight excluding hydrogens is 346 g/mol. The van der Waals surface area contributed by atoms with Crippen molar-refractivity contribution in [3.05, 3.63) is 78.9 Å². The number of benzene rings is 2. The summed E-state index contributed by atoms with van der Waals surface area (Å²) in [7, 11) is -2.02. The maximum Gasteiger partial charge on any atom is 0.243 e. The molecule has 26 heavy (non-hydrogen) atoms. The monoisotopic (exact) mass is 371 g/mol. The highest BCUT2D eigenvalue weighted by Crippen LogP contribution is 2.23. The molecule has 0 amide bonds. The quantitative estimate of drug-likeness (QED) is 0.618. The number of rotatable bonds is 9. The summed E-state index contributed by atoms with van der Waals surface area (Å²) in [5, 5.41) is 0. The van der Waals surface area contributed by atoms with Crippen LogP contribution in [-0.2, 0) is 10.0 Å². The normalized spacial score (nSPS) is 11.3. The van der Waals surface area contributed by atoms with E-state index < -0.39 is 10.0 Å². The smallest absolute Gasteiger partial charge is 0.243 e. The lowest BCUT2D eigenvalue weighted by molar-refractivity contribution is 0.414. The van der Waals surface area contributed by atoms with Gasteiger partial charge in [-0.3, -0.25) is 0 Å². The molecule has 0 unspecified atom stereocenters. The highest BCUT2D eigenvalue weighted by molar-refractivity contribution is 7.89. The van der Waals surface area contributed by atoms with Crippen molar-refractivity contribution in [2.45, 2.75) is 18.2 Å². The van der Waals surface area contributed by atoms with E-state index in [-0.39, 0.29) is 11.4 Å². The zero-order chi connectivity index (χ0) is 19.2. The molecule has 0 saturated carbocycles. The van der Waals surface area contributed by atoms with Gasteiger partial charge in [0.15, 0.2) is 0 Å². The van der Waals surface area contributed by atoms with E-state index in [9.17, 15) is 8.42 Å². The highest BCUT2D eigenvalue weighted by atomic mass is 32.2. The van der Waals surface area contributed by atoms with Gasteiger partial charge in [-0.15, -0.1) is 6.58 Å². The molecule has 0 aromatic heterocycles. The summed E-state index contributed by atoms with van der Waals surface area (Å²) in [5.41, 5.74) is 2.58. The van der Waals surface area contributed by atoms with E-state index in [0.29, 0.717) is 24.3 Å². The van der Waals surface area contributed by atoms with Gasteiger partial charge in [-0.1, -0.05) is 42.5 Å². The molecule has 0 radical (unpaired) electrons. The first-order valence-electron chi connectivity index (χ1n) is 8.38. The second kappa shape index (κ2) is 8.83. The van der Waals surface area contributed by atoms with Crippen LogP contribution in [0.2, 0.25) is 0 Å². The maximum absolute atomic E-state index is 13.1. The van der Waals surface area contributed by atoms with Crippen molar-refractivity contribution in [3.63, 3.8) is 0 Å². The minimum atomic E-state index is -3.62. The molecule has 0 aliphatic heterocycles. The summed E-state index contributed by atoms with van der Waals surface area (Å²) < 4.78 is 32.8. The fraction of sp³-hybridized carbons (Fsp3) is 0.238. The zero-order valence-corrected chi connectivity index (χ0v) is 16.1. The third kappa shape index (κ3) is 4.84. The standard InChI is InChI=1S/C21H25NO3S/c1-5-6-14-22(26(23,24)21-12-10-17(2)11-13-21)16-18(3)19-8-7-9-20(15-19)25-4/h5,7-13,15H,1,3,6,14,16H2,2,4H3. The van der Waals surface area contributed by atoms with E-state index >= 15 is 0 Å². The first-order valence-corrected chi connectivity index (χ1v) is 9.82. The van der Waals surface area contributed by atoms with Gasteiger partial charge in [0, 0.05) is 13.1 Å². The zero-order valence-electron chi connectivity index (χ0n) is 15.3. The van der Waals surface area contributed by atoms with E-state index in [4.69, 9.17) is 4.74 Å². The van der Waals surface area contributed by atoms with Crippen LogP contribution in [-0.4, -0.2) is 32.9 Å². The number of hydrogen-bond donors (Lipinski definition) is 0. The third-order valence-electron chi connectivity index (χ3n) is 4.09. The van der Waals surface area contributed by atoms with Gasteiger partial charge in [-0.25, -0.2) is 8.42 Å². The molecule has 0 N–H and O–H groups in total. The van der Waals surface area contributed by atoms with Gasteiger partial charge < -0.3 is 4.74 Å². The van der Waals surface area contributed by atoms with Gasteiger partial charge in [0.25, 0.3) is 0 Å². The van der Waals surface area contributed by atoms with Crippen LogP contribution in [0.4, 0.5) is 0 Å². The number of hydrogen-bond acceptors (Lipinski definition) is 3. The third-order valence-corrected chi connectivity index (χ3v) is 5.95. The summed E-state index contributed by atoms with van der Waals surface area (Å²) in [6.07, 6.45) is 2.28. The molecule has 0 spiro atoms. The fourth-order valence-corrected chi connectivity index (χ4v) is 3.98. The first kappa shape index (κ1) is 19.9. The molecule has 0 heterocycles. The minimum absolute atomic E-state index is 0.206. The minimum Gasteiger partial charge on any atom is -0.497 e. The fourth-order valence-electron chi connectivity index (χ4n) is 2.53. The van der Waals surface area contributed by atoms with E-state index in [1.54, 1.807) is 37.5 Å². The Kier molecular flexibility index (Phi) is 6.77. The Balaban J connectivity index is 2.29. The van der Waals surface area contributed by atoms with Gasteiger partial charge in [0.1, 0.15) is 5.75 Å². The lowest BCUT2D eigenvalue weighted by Crippen LogP contribution is -2.33. The maximum atomic E-state index is 13.1. The Morgan fingerprint density at radius 2 is 1.88 bits per heavy atom.